The third-order valence-corrected chi connectivity index (χ3v) is 9.24. The first-order valence-electron chi connectivity index (χ1n) is 13.2. The van der Waals surface area contributed by atoms with Crippen molar-refractivity contribution in [3.8, 4) is 11.6 Å². The van der Waals surface area contributed by atoms with Gasteiger partial charge in [-0.25, -0.2) is 9.67 Å². The quantitative estimate of drug-likeness (QED) is 0.222. The Bertz CT molecular complexity index is 1620. The Morgan fingerprint density at radius 1 is 1.21 bits per heavy atom. The van der Waals surface area contributed by atoms with E-state index in [9.17, 15) is 27.8 Å². The molecule has 0 aliphatic carbocycles. The number of hydrogen-bond acceptors (Lipinski definition) is 9. The molecule has 11 nitrogen and oxygen atoms in total. The van der Waals surface area contributed by atoms with Gasteiger partial charge in [-0.2, -0.15) is 13.1 Å². The van der Waals surface area contributed by atoms with Gasteiger partial charge in [0.25, 0.3) is 0 Å². The molecule has 0 saturated heterocycles. The molecule has 3 heterocycles. The number of carboxylic acid groups (broad SMARTS) is 1. The molecule has 1 aliphatic rings. The highest BCUT2D eigenvalue weighted by Gasteiger charge is 2.36. The molecule has 3 N–H and O–H groups in total. The molecule has 14 heteroatoms. The fourth-order valence-corrected chi connectivity index (χ4v) is 6.71. The van der Waals surface area contributed by atoms with E-state index < -0.39 is 29.3 Å². The molecule has 1 aliphatic heterocycles. The number of ether oxygens (including phenoxy) is 2. The number of nitrogens with zero attached hydrogens (tertiary/aromatic N) is 5. The first-order valence-corrected chi connectivity index (χ1v) is 14.7. The van der Waals surface area contributed by atoms with Gasteiger partial charge in [-0.3, -0.25) is 13.9 Å². The van der Waals surface area contributed by atoms with E-state index in [1.807, 2.05) is 26.0 Å². The Hall–Kier alpha value is -3.85. The van der Waals surface area contributed by atoms with E-state index in [1.165, 1.54) is 16.9 Å². The number of alkyl halides is 2. The van der Waals surface area contributed by atoms with Crippen LogP contribution in [0.1, 0.15) is 47.9 Å². The summed E-state index contributed by atoms with van der Waals surface area (Å²) >= 11 is 0. The maximum Gasteiger partial charge on any atom is 0.387 e. The van der Waals surface area contributed by atoms with Crippen molar-refractivity contribution in [2.45, 2.75) is 56.8 Å². The van der Waals surface area contributed by atoms with E-state index in [2.05, 4.69) is 15.3 Å². The van der Waals surface area contributed by atoms with Gasteiger partial charge in [-0.15, -0.1) is 15.9 Å². The van der Waals surface area contributed by atoms with Crippen LogP contribution in [0.15, 0.2) is 53.6 Å². The minimum absolute atomic E-state index is 0.124. The number of aromatic nitrogens is 4. The number of pyridine rings is 1. The number of benzene rings is 2. The van der Waals surface area contributed by atoms with Crippen LogP contribution in [0.3, 0.4) is 0 Å². The van der Waals surface area contributed by atoms with E-state index in [4.69, 9.17) is 9.47 Å². The average molecular weight is 604 g/mol. The highest BCUT2D eigenvalue weighted by atomic mass is 32.3. The lowest BCUT2D eigenvalue weighted by Gasteiger charge is -2.41. The zero-order valence-corrected chi connectivity index (χ0v) is 24.0. The van der Waals surface area contributed by atoms with E-state index >= 15 is 0 Å². The minimum atomic E-state index is -3.47. The third-order valence-electron chi connectivity index (χ3n) is 7.34. The Morgan fingerprint density at radius 2 is 2.00 bits per heavy atom. The lowest BCUT2D eigenvalue weighted by Crippen LogP contribution is -2.34. The Kier molecular flexibility index (Phi) is 8.32. The molecular weight excluding hydrogens is 572 g/mol. The predicted octanol–water partition coefficient (Wildman–Crippen LogP) is 5.58. The highest BCUT2D eigenvalue weighted by Crippen LogP contribution is 2.57. The lowest BCUT2D eigenvalue weighted by molar-refractivity contribution is -0.137. The van der Waals surface area contributed by atoms with Crippen molar-refractivity contribution in [1.82, 2.24) is 24.3 Å². The van der Waals surface area contributed by atoms with E-state index in [0.29, 0.717) is 17.5 Å². The average Bonchev–Trinajstić information content (AvgIpc) is 3.27. The molecule has 5 rings (SSSR count). The summed E-state index contributed by atoms with van der Waals surface area (Å²) in [4.78, 5) is 16.4. The van der Waals surface area contributed by atoms with Gasteiger partial charge in [0.1, 0.15) is 22.0 Å². The van der Waals surface area contributed by atoms with Gasteiger partial charge in [-0.1, -0.05) is 30.3 Å². The Labute approximate surface area is 242 Å². The molecule has 0 fully saturated rings. The molecular formula is C28H31F2N5O6S. The smallest absolute Gasteiger partial charge is 0.387 e. The molecule has 0 saturated carbocycles. The number of rotatable bonds is 9. The summed E-state index contributed by atoms with van der Waals surface area (Å²) in [7, 11) is -1.93. The van der Waals surface area contributed by atoms with Crippen LogP contribution in [0.4, 0.5) is 8.78 Å². The van der Waals surface area contributed by atoms with Crippen molar-refractivity contribution < 1.29 is 37.3 Å². The Morgan fingerprint density at radius 3 is 2.71 bits per heavy atom. The summed E-state index contributed by atoms with van der Waals surface area (Å²) in [5.41, 5.74) is 3.13. The van der Waals surface area contributed by atoms with Gasteiger partial charge in [-0.05, 0) is 59.9 Å². The monoisotopic (exact) mass is 603 g/mol. The topological polar surface area (TPSA) is 143 Å². The number of aryl methyl sites for hydroxylation is 2. The van der Waals surface area contributed by atoms with Crippen LogP contribution in [0.5, 0.6) is 11.6 Å². The zero-order chi connectivity index (χ0) is 30.2. The predicted molar refractivity (Wildman–Crippen MR) is 151 cm³/mol. The van der Waals surface area contributed by atoms with Crippen LogP contribution in [0.25, 0.3) is 11.0 Å². The third kappa shape index (κ3) is 5.88. The minimum Gasteiger partial charge on any atom is -0.481 e. The van der Waals surface area contributed by atoms with Gasteiger partial charge in [0.15, 0.2) is 5.75 Å². The summed E-state index contributed by atoms with van der Waals surface area (Å²) in [6.07, 6.45) is 1.45. The standard InChI is InChI=1S/C28H31F2N5O6S/c1-4-20-15-35(42(38,39)24-6-5-9-31-27(24)40-20)14-19-10-17(8-7-16(19)2)21(13-25(36)37)18-11-22-26(34(3)33-32-22)23(12-18)41-28(29)30/h5-12,20-21,28,38-39H,4,13-15H2,1-3H3,(H,36,37)/t20-,21?/m1/s1. The maximum atomic E-state index is 13.3. The van der Waals surface area contributed by atoms with E-state index in [0.717, 1.165) is 11.1 Å². The van der Waals surface area contributed by atoms with Crippen LogP contribution in [-0.4, -0.2) is 63.7 Å². The first-order chi connectivity index (χ1) is 20.0. The molecule has 2 aromatic carbocycles. The molecule has 4 aromatic rings. The van der Waals surface area contributed by atoms with Gasteiger partial charge in [0, 0.05) is 25.7 Å². The number of carboxylic acids is 1. The van der Waals surface area contributed by atoms with Gasteiger partial charge < -0.3 is 14.6 Å². The van der Waals surface area contributed by atoms with Crippen molar-refractivity contribution in [3.05, 3.63) is 70.9 Å². The van der Waals surface area contributed by atoms with E-state index in [1.54, 1.807) is 35.6 Å². The SMILES string of the molecule is CC[C@@H]1CN(Cc2cc(C(CC(=O)O)c3cc(OC(F)F)c4c(c3)nnn4C)ccc2C)S(O)(O)c2cccnc2O1. The maximum absolute atomic E-state index is 13.3. The van der Waals surface area contributed by atoms with Crippen LogP contribution in [-0.2, 0) is 18.4 Å². The first kappa shape index (κ1) is 29.6. The van der Waals surface area contributed by atoms with Crippen LogP contribution >= 0.6 is 10.8 Å². The second-order valence-corrected chi connectivity index (χ2v) is 12.1. The van der Waals surface area contributed by atoms with Crippen molar-refractivity contribution in [2.75, 3.05) is 6.54 Å². The molecule has 1 unspecified atom stereocenters. The van der Waals surface area contributed by atoms with Gasteiger partial charge in [0.05, 0.1) is 13.0 Å². The van der Waals surface area contributed by atoms with Crippen LogP contribution < -0.4 is 9.47 Å². The van der Waals surface area contributed by atoms with Crippen molar-refractivity contribution in [2.24, 2.45) is 7.05 Å². The van der Waals surface area contributed by atoms with Gasteiger partial charge >= 0.3 is 12.6 Å². The van der Waals surface area contributed by atoms with Gasteiger partial charge in [0.2, 0.25) is 5.88 Å². The molecule has 0 radical (unpaired) electrons. The van der Waals surface area contributed by atoms with Crippen LogP contribution in [0, 0.1) is 6.92 Å². The molecule has 224 valence electrons. The second kappa shape index (κ2) is 11.8. The summed E-state index contributed by atoms with van der Waals surface area (Å²) in [5.74, 6) is -1.83. The van der Waals surface area contributed by atoms with Crippen LogP contribution in [0.2, 0.25) is 0 Å². The summed E-state index contributed by atoms with van der Waals surface area (Å²) in [6.45, 7) is 1.05. The number of carbonyl (C=O) groups is 1. The van der Waals surface area contributed by atoms with Crippen molar-refractivity contribution in [1.29, 1.82) is 0 Å². The molecule has 0 amide bonds. The van der Waals surface area contributed by atoms with E-state index in [-0.39, 0.29) is 53.2 Å². The number of aliphatic carboxylic acids is 1. The second-order valence-electron chi connectivity index (χ2n) is 10.1. The van der Waals surface area contributed by atoms with Crippen molar-refractivity contribution >= 4 is 27.8 Å². The van der Waals surface area contributed by atoms with Crippen molar-refractivity contribution in [3.63, 3.8) is 0 Å². The molecule has 42 heavy (non-hydrogen) atoms. The largest absolute Gasteiger partial charge is 0.481 e. The number of hydrogen-bond donors (Lipinski definition) is 3. The highest BCUT2D eigenvalue weighted by molar-refractivity contribution is 8.22. The molecule has 2 aromatic heterocycles. The fourth-order valence-electron chi connectivity index (χ4n) is 5.14. The summed E-state index contributed by atoms with van der Waals surface area (Å²) < 4.78 is 63.0. The summed E-state index contributed by atoms with van der Waals surface area (Å²) in [5, 5.41) is 17.7. The number of halogens is 2. The molecule has 0 spiro atoms. The fraction of sp³-hybridized carbons (Fsp3) is 0.357. The number of fused-ring (bicyclic) bond motifs is 2. The zero-order valence-electron chi connectivity index (χ0n) is 23.1. The molecule has 0 bridgehead atoms. The molecule has 2 atom stereocenters. The normalized spacial score (nSPS) is 18.2. The lowest BCUT2D eigenvalue weighted by atomic mass is 9.86. The summed E-state index contributed by atoms with van der Waals surface area (Å²) in [6, 6.07) is 11.6. The Balaban J connectivity index is 1.56.